The lowest BCUT2D eigenvalue weighted by molar-refractivity contribution is -0.0236. The number of hydrogen-bond acceptors (Lipinski definition) is 7. The molecule has 2 atom stereocenters. The third-order valence-electron chi connectivity index (χ3n) is 5.45. The number of nitrogens with zero attached hydrogens (tertiary/aromatic N) is 3. The van der Waals surface area contributed by atoms with Gasteiger partial charge in [0.05, 0.1) is 26.0 Å². The van der Waals surface area contributed by atoms with Crippen LogP contribution in [0.4, 0.5) is 0 Å². The Balaban J connectivity index is 1.61. The number of aromatic hydroxyl groups is 1. The molecule has 0 aliphatic carbocycles. The molecule has 3 heterocycles. The monoisotopic (exact) mass is 403 g/mol. The zero-order chi connectivity index (χ0) is 20.7. The molecule has 2 aliphatic heterocycles. The van der Waals surface area contributed by atoms with E-state index < -0.39 is 6.23 Å². The number of aromatic nitrogens is 1. The minimum atomic E-state index is -0.475. The molecule has 3 aromatic rings. The van der Waals surface area contributed by atoms with Crippen molar-refractivity contribution in [3.63, 3.8) is 0 Å². The highest BCUT2D eigenvalue weighted by Gasteiger charge is 2.42. The molecule has 0 amide bonds. The van der Waals surface area contributed by atoms with Crippen LogP contribution in [0.5, 0.6) is 23.0 Å². The fourth-order valence-corrected chi connectivity index (χ4v) is 3.99. The Labute approximate surface area is 174 Å². The first-order valence-electron chi connectivity index (χ1n) is 9.67. The molecule has 0 spiro atoms. The van der Waals surface area contributed by atoms with Gasteiger partial charge in [-0.25, -0.2) is 5.01 Å². The Hall–Kier alpha value is -3.74. The lowest BCUT2D eigenvalue weighted by Crippen LogP contribution is -2.34. The van der Waals surface area contributed by atoms with Gasteiger partial charge in [0.15, 0.2) is 23.0 Å². The zero-order valence-corrected chi connectivity index (χ0v) is 16.6. The average Bonchev–Trinajstić information content (AvgIpc) is 3.24. The number of benzene rings is 2. The Morgan fingerprint density at radius 2 is 1.90 bits per heavy atom. The minimum absolute atomic E-state index is 0.0225. The van der Waals surface area contributed by atoms with Crippen LogP contribution in [0.1, 0.15) is 35.5 Å². The lowest BCUT2D eigenvalue weighted by atomic mass is 9.96. The number of phenols is 1. The summed E-state index contributed by atoms with van der Waals surface area (Å²) in [4.78, 5) is 4.50. The molecular formula is C23H21N3O4. The molecule has 1 aromatic heterocycles. The van der Waals surface area contributed by atoms with Crippen molar-refractivity contribution in [2.24, 2.45) is 5.10 Å². The highest BCUT2D eigenvalue weighted by atomic mass is 16.5. The SMILES string of the molecule is COc1cc(C2=NN3[C@H](C2)c2cccc(OC)c2O[C@H]3c2ccccn2)ccc1O. The van der Waals surface area contributed by atoms with Gasteiger partial charge in [0.2, 0.25) is 6.23 Å². The maximum atomic E-state index is 9.95. The normalized spacial score (nSPS) is 19.4. The van der Waals surface area contributed by atoms with Crippen LogP contribution in [0.3, 0.4) is 0 Å². The first-order valence-corrected chi connectivity index (χ1v) is 9.67. The molecule has 2 aliphatic rings. The Morgan fingerprint density at radius 1 is 1.03 bits per heavy atom. The standard InChI is InChI=1S/C23H21N3O4/c1-28-20-8-5-6-15-18-13-17(14-9-10-19(27)21(12-14)29-2)25-26(18)23(30-22(15)20)16-7-3-4-11-24-16/h3-12,18,23,27H,13H2,1-2H3/t18-,23+/m1/s1. The number of pyridine rings is 1. The van der Waals surface area contributed by atoms with Crippen LogP contribution >= 0.6 is 0 Å². The smallest absolute Gasteiger partial charge is 0.230 e. The van der Waals surface area contributed by atoms with E-state index in [-0.39, 0.29) is 11.8 Å². The van der Waals surface area contributed by atoms with Crippen molar-refractivity contribution in [3.8, 4) is 23.0 Å². The van der Waals surface area contributed by atoms with E-state index in [0.29, 0.717) is 17.9 Å². The summed E-state index contributed by atoms with van der Waals surface area (Å²) >= 11 is 0. The molecule has 0 saturated heterocycles. The van der Waals surface area contributed by atoms with Crippen molar-refractivity contribution in [1.29, 1.82) is 0 Å². The van der Waals surface area contributed by atoms with Crippen molar-refractivity contribution >= 4 is 5.71 Å². The van der Waals surface area contributed by atoms with Crippen molar-refractivity contribution in [2.45, 2.75) is 18.7 Å². The highest BCUT2D eigenvalue weighted by Crippen LogP contribution is 2.50. The summed E-state index contributed by atoms with van der Waals surface area (Å²) in [7, 11) is 3.17. The molecule has 0 radical (unpaired) electrons. The number of ether oxygens (including phenoxy) is 3. The molecule has 0 unspecified atom stereocenters. The van der Waals surface area contributed by atoms with Crippen molar-refractivity contribution < 1.29 is 19.3 Å². The number of para-hydroxylation sites is 1. The van der Waals surface area contributed by atoms with Crippen LogP contribution in [-0.4, -0.2) is 35.0 Å². The average molecular weight is 403 g/mol. The van der Waals surface area contributed by atoms with Crippen LogP contribution < -0.4 is 14.2 Å². The molecule has 5 rings (SSSR count). The predicted molar refractivity (Wildman–Crippen MR) is 111 cm³/mol. The van der Waals surface area contributed by atoms with Gasteiger partial charge in [0, 0.05) is 23.7 Å². The van der Waals surface area contributed by atoms with E-state index in [9.17, 15) is 5.11 Å². The van der Waals surface area contributed by atoms with Crippen LogP contribution in [0.25, 0.3) is 0 Å². The van der Waals surface area contributed by atoms with Gasteiger partial charge in [0.1, 0.15) is 5.69 Å². The third-order valence-corrected chi connectivity index (χ3v) is 5.45. The number of hydrogen-bond donors (Lipinski definition) is 1. The van der Waals surface area contributed by atoms with E-state index in [1.165, 1.54) is 7.11 Å². The van der Waals surface area contributed by atoms with Gasteiger partial charge < -0.3 is 19.3 Å². The van der Waals surface area contributed by atoms with Crippen molar-refractivity contribution in [3.05, 3.63) is 77.6 Å². The largest absolute Gasteiger partial charge is 0.504 e. The third kappa shape index (κ3) is 2.90. The maximum Gasteiger partial charge on any atom is 0.230 e. The van der Waals surface area contributed by atoms with Gasteiger partial charge in [-0.05, 0) is 36.4 Å². The van der Waals surface area contributed by atoms with E-state index in [0.717, 1.165) is 28.3 Å². The van der Waals surface area contributed by atoms with Gasteiger partial charge in [-0.15, -0.1) is 0 Å². The molecule has 0 fully saturated rings. The summed E-state index contributed by atoms with van der Waals surface area (Å²) in [5.41, 5.74) is 3.57. The van der Waals surface area contributed by atoms with E-state index in [1.807, 2.05) is 47.5 Å². The van der Waals surface area contributed by atoms with Crippen LogP contribution in [0.2, 0.25) is 0 Å². The predicted octanol–water partition coefficient (Wildman–Crippen LogP) is 4.05. The summed E-state index contributed by atoms with van der Waals surface area (Å²) < 4.78 is 17.2. The van der Waals surface area contributed by atoms with Crippen molar-refractivity contribution in [1.82, 2.24) is 9.99 Å². The van der Waals surface area contributed by atoms with Crippen LogP contribution in [0, 0.1) is 0 Å². The van der Waals surface area contributed by atoms with E-state index in [1.54, 1.807) is 25.4 Å². The molecule has 0 bridgehead atoms. The highest BCUT2D eigenvalue weighted by molar-refractivity contribution is 6.02. The number of hydrazone groups is 1. The first kappa shape index (κ1) is 18.3. The van der Waals surface area contributed by atoms with E-state index >= 15 is 0 Å². The van der Waals surface area contributed by atoms with Gasteiger partial charge in [-0.1, -0.05) is 18.2 Å². The second kappa shape index (κ2) is 7.26. The molecule has 30 heavy (non-hydrogen) atoms. The fourth-order valence-electron chi connectivity index (χ4n) is 3.99. The number of rotatable bonds is 4. The summed E-state index contributed by atoms with van der Waals surface area (Å²) in [5.74, 6) is 1.92. The van der Waals surface area contributed by atoms with Crippen LogP contribution in [-0.2, 0) is 0 Å². The second-order valence-corrected chi connectivity index (χ2v) is 7.14. The fraction of sp³-hybridized carbons (Fsp3) is 0.217. The zero-order valence-electron chi connectivity index (χ0n) is 16.6. The van der Waals surface area contributed by atoms with Gasteiger partial charge in [0.25, 0.3) is 0 Å². The van der Waals surface area contributed by atoms with Crippen molar-refractivity contribution in [2.75, 3.05) is 14.2 Å². The first-order chi connectivity index (χ1) is 14.7. The lowest BCUT2D eigenvalue weighted by Gasteiger charge is -2.38. The molecule has 7 heteroatoms. The second-order valence-electron chi connectivity index (χ2n) is 7.14. The van der Waals surface area contributed by atoms with E-state index in [2.05, 4.69) is 4.98 Å². The molecule has 1 N–H and O–H groups in total. The van der Waals surface area contributed by atoms with Crippen LogP contribution in [0.15, 0.2) is 65.9 Å². The number of methoxy groups -OCH3 is 2. The molecule has 7 nitrogen and oxygen atoms in total. The molecule has 2 aromatic carbocycles. The molecule has 0 saturated carbocycles. The summed E-state index contributed by atoms with van der Waals surface area (Å²) in [6, 6.07) is 16.9. The number of fused-ring (bicyclic) bond motifs is 3. The quantitative estimate of drug-likeness (QED) is 0.708. The summed E-state index contributed by atoms with van der Waals surface area (Å²) in [6.45, 7) is 0. The Bertz CT molecular complexity index is 1120. The van der Waals surface area contributed by atoms with E-state index in [4.69, 9.17) is 19.3 Å². The van der Waals surface area contributed by atoms with Gasteiger partial charge in [-0.3, -0.25) is 4.98 Å². The summed E-state index contributed by atoms with van der Waals surface area (Å²) in [6.07, 6.45) is 1.95. The van der Waals surface area contributed by atoms with Gasteiger partial charge >= 0.3 is 0 Å². The molecular weight excluding hydrogens is 382 g/mol. The molecule has 152 valence electrons. The topological polar surface area (TPSA) is 76.4 Å². The Morgan fingerprint density at radius 3 is 2.67 bits per heavy atom. The number of phenolic OH excluding ortho intramolecular Hbond substituents is 1. The maximum absolute atomic E-state index is 9.95. The Kier molecular flexibility index (Phi) is 4.43. The van der Waals surface area contributed by atoms with Gasteiger partial charge in [-0.2, -0.15) is 5.10 Å². The minimum Gasteiger partial charge on any atom is -0.504 e. The summed E-state index contributed by atoms with van der Waals surface area (Å²) in [5, 5.41) is 16.8.